The number of aryl methyl sites for hydroxylation is 2. The second kappa shape index (κ2) is 5.52. The molecule has 1 N–H and O–H groups in total. The number of nitrogens with zero attached hydrogens (tertiary/aromatic N) is 2. The fourth-order valence-corrected chi connectivity index (χ4v) is 3.71. The van der Waals surface area contributed by atoms with Crippen LogP contribution in [0.5, 0.6) is 0 Å². The molecule has 96 valence electrons. The van der Waals surface area contributed by atoms with Crippen molar-refractivity contribution < 1.29 is 0 Å². The molecule has 0 bridgehead atoms. The number of thiophene rings is 1. The van der Waals surface area contributed by atoms with Gasteiger partial charge in [-0.2, -0.15) is 5.26 Å². The van der Waals surface area contributed by atoms with Crippen LogP contribution in [0.2, 0.25) is 0 Å². The Labute approximate surface area is 116 Å². The molecule has 2 aromatic heterocycles. The van der Waals surface area contributed by atoms with E-state index in [0.29, 0.717) is 12.2 Å². The topological polar surface area (TPSA) is 48.7 Å². The maximum absolute atomic E-state index is 8.98. The zero-order chi connectivity index (χ0) is 13.1. The fourth-order valence-electron chi connectivity index (χ4n) is 2.48. The van der Waals surface area contributed by atoms with Gasteiger partial charge in [0.05, 0.1) is 0 Å². The van der Waals surface area contributed by atoms with E-state index in [9.17, 15) is 0 Å². The van der Waals surface area contributed by atoms with Gasteiger partial charge in [0.25, 0.3) is 0 Å². The maximum atomic E-state index is 8.98. The van der Waals surface area contributed by atoms with Crippen molar-refractivity contribution in [3.63, 3.8) is 0 Å². The molecule has 19 heavy (non-hydrogen) atoms. The van der Waals surface area contributed by atoms with Crippen LogP contribution in [0, 0.1) is 11.3 Å². The first-order chi connectivity index (χ1) is 9.36. The van der Waals surface area contributed by atoms with Crippen LogP contribution in [-0.4, -0.2) is 4.98 Å². The highest BCUT2D eigenvalue weighted by atomic mass is 32.1. The Morgan fingerprint density at radius 3 is 3.16 bits per heavy atom. The van der Waals surface area contributed by atoms with Crippen molar-refractivity contribution in [3.8, 4) is 6.07 Å². The van der Waals surface area contributed by atoms with E-state index in [4.69, 9.17) is 5.26 Å². The highest BCUT2D eigenvalue weighted by molar-refractivity contribution is 7.12. The van der Waals surface area contributed by atoms with Gasteiger partial charge in [0.15, 0.2) is 0 Å². The van der Waals surface area contributed by atoms with Crippen LogP contribution in [0.15, 0.2) is 24.4 Å². The van der Waals surface area contributed by atoms with Crippen molar-refractivity contribution in [1.82, 2.24) is 10.3 Å². The summed E-state index contributed by atoms with van der Waals surface area (Å²) in [5, 5.41) is 12.4. The average molecular weight is 269 g/mol. The van der Waals surface area contributed by atoms with Crippen LogP contribution < -0.4 is 5.32 Å². The summed E-state index contributed by atoms with van der Waals surface area (Å²) in [5.41, 5.74) is 3.03. The van der Waals surface area contributed by atoms with Gasteiger partial charge in [0.2, 0.25) is 0 Å². The minimum Gasteiger partial charge on any atom is -0.308 e. The number of nitrogens with one attached hydrogen (secondary N) is 1. The van der Waals surface area contributed by atoms with Gasteiger partial charge >= 0.3 is 0 Å². The monoisotopic (exact) mass is 269 g/mol. The number of rotatable bonds is 4. The Balaban J connectivity index is 1.59. The van der Waals surface area contributed by atoms with E-state index in [1.54, 1.807) is 16.6 Å². The SMILES string of the molecule is N#Cc1ncccc1CNCc1cc2c(s1)CCC2. The van der Waals surface area contributed by atoms with Crippen LogP contribution in [0.3, 0.4) is 0 Å². The van der Waals surface area contributed by atoms with Crippen LogP contribution in [0.1, 0.15) is 33.0 Å². The first kappa shape index (κ1) is 12.3. The molecule has 0 amide bonds. The molecule has 1 aliphatic carbocycles. The summed E-state index contributed by atoms with van der Waals surface area (Å²) in [6.07, 6.45) is 5.47. The van der Waals surface area contributed by atoms with Gasteiger partial charge in [-0.1, -0.05) is 6.07 Å². The van der Waals surface area contributed by atoms with Gasteiger partial charge in [-0.3, -0.25) is 0 Å². The average Bonchev–Trinajstić information content (AvgIpc) is 3.00. The quantitative estimate of drug-likeness (QED) is 0.928. The Bertz CT molecular complexity index is 603. The van der Waals surface area contributed by atoms with Gasteiger partial charge in [0, 0.05) is 34.6 Å². The zero-order valence-corrected chi connectivity index (χ0v) is 11.5. The van der Waals surface area contributed by atoms with Crippen molar-refractivity contribution in [2.24, 2.45) is 0 Å². The minimum atomic E-state index is 0.517. The Hall–Kier alpha value is -1.70. The molecule has 0 unspecified atom stereocenters. The lowest BCUT2D eigenvalue weighted by Gasteiger charge is -2.04. The van der Waals surface area contributed by atoms with Gasteiger partial charge < -0.3 is 5.32 Å². The Morgan fingerprint density at radius 1 is 1.37 bits per heavy atom. The molecular formula is C15H15N3S. The van der Waals surface area contributed by atoms with E-state index >= 15 is 0 Å². The Kier molecular flexibility index (Phi) is 3.58. The van der Waals surface area contributed by atoms with E-state index in [1.807, 2.05) is 23.5 Å². The fraction of sp³-hybridized carbons (Fsp3) is 0.333. The van der Waals surface area contributed by atoms with Crippen molar-refractivity contribution in [2.45, 2.75) is 32.4 Å². The molecule has 3 rings (SSSR count). The normalized spacial score (nSPS) is 13.2. The standard InChI is InChI=1S/C15H15N3S/c16-8-14-12(4-2-6-18-14)9-17-10-13-7-11-3-1-5-15(11)19-13/h2,4,6-7,17H,1,3,5,9-10H2. The largest absolute Gasteiger partial charge is 0.308 e. The molecule has 1 aliphatic rings. The predicted octanol–water partition coefficient (Wildman–Crippen LogP) is 2.79. The van der Waals surface area contributed by atoms with E-state index in [2.05, 4.69) is 22.4 Å². The number of hydrogen-bond acceptors (Lipinski definition) is 4. The van der Waals surface area contributed by atoms with E-state index in [0.717, 1.165) is 12.1 Å². The third kappa shape index (κ3) is 2.67. The molecule has 2 aromatic rings. The molecule has 0 fully saturated rings. The minimum absolute atomic E-state index is 0.517. The second-order valence-corrected chi connectivity index (χ2v) is 5.96. The van der Waals surface area contributed by atoms with E-state index in [-0.39, 0.29) is 0 Å². The molecule has 0 aliphatic heterocycles. The van der Waals surface area contributed by atoms with Crippen molar-refractivity contribution >= 4 is 11.3 Å². The molecule has 0 saturated heterocycles. The summed E-state index contributed by atoms with van der Waals surface area (Å²) in [5.74, 6) is 0. The maximum Gasteiger partial charge on any atom is 0.144 e. The Morgan fingerprint density at radius 2 is 2.32 bits per heavy atom. The summed E-state index contributed by atoms with van der Waals surface area (Å²) >= 11 is 1.92. The lowest BCUT2D eigenvalue weighted by Crippen LogP contribution is -2.13. The first-order valence-electron chi connectivity index (χ1n) is 6.52. The summed E-state index contributed by atoms with van der Waals surface area (Å²) < 4.78 is 0. The summed E-state index contributed by atoms with van der Waals surface area (Å²) in [7, 11) is 0. The molecule has 0 atom stereocenters. The van der Waals surface area contributed by atoms with Crippen molar-refractivity contribution in [3.05, 3.63) is 51.0 Å². The number of fused-ring (bicyclic) bond motifs is 1. The van der Waals surface area contributed by atoms with Crippen LogP contribution in [0.4, 0.5) is 0 Å². The first-order valence-corrected chi connectivity index (χ1v) is 7.33. The van der Waals surface area contributed by atoms with Crippen molar-refractivity contribution in [2.75, 3.05) is 0 Å². The molecule has 3 nitrogen and oxygen atoms in total. The number of pyridine rings is 1. The summed E-state index contributed by atoms with van der Waals surface area (Å²) in [6, 6.07) is 8.28. The molecule has 0 spiro atoms. The van der Waals surface area contributed by atoms with Gasteiger partial charge in [-0.15, -0.1) is 11.3 Å². The zero-order valence-electron chi connectivity index (χ0n) is 10.6. The number of aromatic nitrogens is 1. The molecule has 0 radical (unpaired) electrons. The second-order valence-electron chi connectivity index (χ2n) is 4.74. The highest BCUT2D eigenvalue weighted by Gasteiger charge is 2.14. The van der Waals surface area contributed by atoms with Crippen molar-refractivity contribution in [1.29, 1.82) is 5.26 Å². The lowest BCUT2D eigenvalue weighted by atomic mass is 10.2. The third-order valence-corrected chi connectivity index (χ3v) is 4.65. The summed E-state index contributed by atoms with van der Waals surface area (Å²) in [6.45, 7) is 1.57. The highest BCUT2D eigenvalue weighted by Crippen LogP contribution is 2.30. The van der Waals surface area contributed by atoms with E-state index in [1.165, 1.54) is 24.1 Å². The molecule has 0 aromatic carbocycles. The molecular weight excluding hydrogens is 254 g/mol. The molecule has 0 saturated carbocycles. The van der Waals surface area contributed by atoms with E-state index < -0.39 is 0 Å². The molecule has 2 heterocycles. The van der Waals surface area contributed by atoms with Gasteiger partial charge in [-0.05, 0) is 37.0 Å². The van der Waals surface area contributed by atoms with Gasteiger partial charge in [-0.25, -0.2) is 4.98 Å². The third-order valence-electron chi connectivity index (χ3n) is 3.41. The van der Waals surface area contributed by atoms with Gasteiger partial charge in [0.1, 0.15) is 11.8 Å². The van der Waals surface area contributed by atoms with Crippen LogP contribution in [0.25, 0.3) is 0 Å². The number of hydrogen-bond donors (Lipinski definition) is 1. The number of nitriles is 1. The summed E-state index contributed by atoms with van der Waals surface area (Å²) in [4.78, 5) is 7.03. The van der Waals surface area contributed by atoms with Crippen LogP contribution >= 0.6 is 11.3 Å². The lowest BCUT2D eigenvalue weighted by molar-refractivity contribution is 0.696. The van der Waals surface area contributed by atoms with Crippen LogP contribution in [-0.2, 0) is 25.9 Å². The smallest absolute Gasteiger partial charge is 0.144 e. The molecule has 4 heteroatoms. The predicted molar refractivity (Wildman–Crippen MR) is 75.8 cm³/mol.